The van der Waals surface area contributed by atoms with Gasteiger partial charge in [-0.1, -0.05) is 6.92 Å². The first-order chi connectivity index (χ1) is 10.1. The molecule has 0 spiro atoms. The molecular weight excluding hydrogens is 270 g/mol. The zero-order chi connectivity index (χ0) is 15.4. The Hall–Kier alpha value is -2.24. The molecule has 3 N–H and O–H groups in total. The number of benzene rings is 1. The number of nitrogen functional groups attached to an aromatic ring is 1. The van der Waals surface area contributed by atoms with Crippen LogP contribution in [0.3, 0.4) is 0 Å². The third kappa shape index (κ3) is 3.26. The lowest BCUT2D eigenvalue weighted by Crippen LogP contribution is -2.56. The van der Waals surface area contributed by atoms with Crippen molar-refractivity contribution in [2.24, 2.45) is 0 Å². The Balaban J connectivity index is 2.28. The number of ether oxygens (including phenoxy) is 1. The molecule has 0 aliphatic carbocycles. The lowest BCUT2D eigenvalue weighted by molar-refractivity contribution is -0.127. The Labute approximate surface area is 124 Å². The van der Waals surface area contributed by atoms with Crippen LogP contribution < -0.4 is 15.8 Å². The van der Waals surface area contributed by atoms with Crippen molar-refractivity contribution in [2.45, 2.75) is 26.3 Å². The third-order valence-corrected chi connectivity index (χ3v) is 3.47. The fraction of sp³-hybridized carbons (Fsp3) is 0.467. The minimum Gasteiger partial charge on any atom is -0.494 e. The van der Waals surface area contributed by atoms with E-state index < -0.39 is 6.04 Å². The quantitative estimate of drug-likeness (QED) is 0.811. The van der Waals surface area contributed by atoms with Crippen molar-refractivity contribution in [2.75, 3.05) is 25.4 Å². The van der Waals surface area contributed by atoms with Crippen molar-refractivity contribution in [3.63, 3.8) is 0 Å². The Morgan fingerprint density at radius 3 is 2.86 bits per heavy atom. The summed E-state index contributed by atoms with van der Waals surface area (Å²) in [5.74, 6) is 0.270. The van der Waals surface area contributed by atoms with Gasteiger partial charge in [-0.3, -0.25) is 9.59 Å². The molecule has 6 heteroatoms. The molecule has 1 aliphatic heterocycles. The molecule has 0 bridgehead atoms. The number of hydrogen-bond donors (Lipinski definition) is 2. The molecule has 2 amide bonds. The number of amides is 2. The highest BCUT2D eigenvalue weighted by molar-refractivity contribution is 5.99. The molecule has 0 radical (unpaired) electrons. The van der Waals surface area contributed by atoms with Gasteiger partial charge in [-0.05, 0) is 25.5 Å². The van der Waals surface area contributed by atoms with Crippen LogP contribution in [-0.4, -0.2) is 42.5 Å². The molecule has 1 unspecified atom stereocenters. The van der Waals surface area contributed by atoms with Gasteiger partial charge in [-0.2, -0.15) is 0 Å². The van der Waals surface area contributed by atoms with Crippen LogP contribution in [0.1, 0.15) is 30.6 Å². The normalized spacial score (nSPS) is 18.3. The van der Waals surface area contributed by atoms with Gasteiger partial charge < -0.3 is 20.7 Å². The number of nitrogens with one attached hydrogen (secondary N) is 1. The van der Waals surface area contributed by atoms with E-state index in [4.69, 9.17) is 10.5 Å². The van der Waals surface area contributed by atoms with E-state index in [1.807, 2.05) is 13.8 Å². The summed E-state index contributed by atoms with van der Waals surface area (Å²) in [6.07, 6.45) is 0.582. The number of hydrogen-bond acceptors (Lipinski definition) is 4. The molecule has 114 valence electrons. The maximum atomic E-state index is 12.7. The van der Waals surface area contributed by atoms with Gasteiger partial charge in [0.2, 0.25) is 5.91 Å². The number of carbonyl (C=O) groups is 2. The van der Waals surface area contributed by atoms with Gasteiger partial charge in [-0.15, -0.1) is 0 Å². The maximum Gasteiger partial charge on any atom is 0.254 e. The summed E-state index contributed by atoms with van der Waals surface area (Å²) in [4.78, 5) is 26.1. The summed E-state index contributed by atoms with van der Waals surface area (Å²) in [5, 5.41) is 2.78. The van der Waals surface area contributed by atoms with Crippen molar-refractivity contribution in [1.82, 2.24) is 10.2 Å². The van der Waals surface area contributed by atoms with Crippen LogP contribution in [0.2, 0.25) is 0 Å². The second kappa shape index (κ2) is 6.47. The van der Waals surface area contributed by atoms with Crippen LogP contribution in [0.25, 0.3) is 0 Å². The van der Waals surface area contributed by atoms with Gasteiger partial charge in [0.05, 0.1) is 6.61 Å². The molecule has 6 nitrogen and oxygen atoms in total. The molecule has 0 aromatic heterocycles. The highest BCUT2D eigenvalue weighted by Crippen LogP contribution is 2.22. The van der Waals surface area contributed by atoms with E-state index in [-0.39, 0.29) is 11.8 Å². The highest BCUT2D eigenvalue weighted by Gasteiger charge is 2.32. The van der Waals surface area contributed by atoms with Crippen LogP contribution in [0, 0.1) is 0 Å². The van der Waals surface area contributed by atoms with Gasteiger partial charge in [0.1, 0.15) is 11.8 Å². The highest BCUT2D eigenvalue weighted by atomic mass is 16.5. The first kappa shape index (κ1) is 15.2. The topological polar surface area (TPSA) is 84.7 Å². The SMILES string of the molecule is CCOc1cc(N)cc(C(=O)N2CCNC(=O)C2CC)c1. The van der Waals surface area contributed by atoms with E-state index in [2.05, 4.69) is 5.32 Å². The molecule has 21 heavy (non-hydrogen) atoms. The first-order valence-electron chi connectivity index (χ1n) is 7.18. The monoisotopic (exact) mass is 291 g/mol. The lowest BCUT2D eigenvalue weighted by atomic mass is 10.1. The van der Waals surface area contributed by atoms with Crippen molar-refractivity contribution in [3.05, 3.63) is 23.8 Å². The average molecular weight is 291 g/mol. The van der Waals surface area contributed by atoms with Gasteiger partial charge >= 0.3 is 0 Å². The van der Waals surface area contributed by atoms with E-state index in [0.29, 0.717) is 43.1 Å². The Morgan fingerprint density at radius 2 is 2.19 bits per heavy atom. The standard InChI is InChI=1S/C15H21N3O3/c1-3-13-14(19)17-5-6-18(13)15(20)10-7-11(16)9-12(8-10)21-4-2/h7-9,13H,3-6,16H2,1-2H3,(H,17,19). The number of carbonyl (C=O) groups excluding carboxylic acids is 2. The van der Waals surface area contributed by atoms with Crippen molar-refractivity contribution in [3.8, 4) is 5.75 Å². The largest absolute Gasteiger partial charge is 0.494 e. The minimum atomic E-state index is -0.428. The molecule has 1 saturated heterocycles. The molecule has 1 aromatic rings. The van der Waals surface area contributed by atoms with Crippen LogP contribution in [0.4, 0.5) is 5.69 Å². The first-order valence-corrected chi connectivity index (χ1v) is 7.18. The van der Waals surface area contributed by atoms with E-state index in [1.54, 1.807) is 23.1 Å². The van der Waals surface area contributed by atoms with Gasteiger partial charge in [0, 0.05) is 30.4 Å². The van der Waals surface area contributed by atoms with Gasteiger partial charge in [0.15, 0.2) is 0 Å². The minimum absolute atomic E-state index is 0.106. The smallest absolute Gasteiger partial charge is 0.254 e. The summed E-state index contributed by atoms with van der Waals surface area (Å²) in [5.41, 5.74) is 6.74. The van der Waals surface area contributed by atoms with Gasteiger partial charge in [-0.25, -0.2) is 0 Å². The fourth-order valence-electron chi connectivity index (χ4n) is 2.52. The van der Waals surface area contributed by atoms with Crippen molar-refractivity contribution < 1.29 is 14.3 Å². The lowest BCUT2D eigenvalue weighted by Gasteiger charge is -2.34. The predicted octanol–water partition coefficient (Wildman–Crippen LogP) is 1.02. The fourth-order valence-corrected chi connectivity index (χ4v) is 2.52. The number of nitrogens with zero attached hydrogens (tertiary/aromatic N) is 1. The zero-order valence-electron chi connectivity index (χ0n) is 12.4. The summed E-state index contributed by atoms with van der Waals surface area (Å²) in [7, 11) is 0. The average Bonchev–Trinajstić information content (AvgIpc) is 2.46. The zero-order valence-corrected chi connectivity index (χ0v) is 12.4. The van der Waals surface area contributed by atoms with E-state index >= 15 is 0 Å². The summed E-state index contributed by atoms with van der Waals surface area (Å²) < 4.78 is 5.41. The molecular formula is C15H21N3O3. The van der Waals surface area contributed by atoms with Crippen LogP contribution >= 0.6 is 0 Å². The Bertz CT molecular complexity index is 545. The van der Waals surface area contributed by atoms with Crippen LogP contribution in [-0.2, 0) is 4.79 Å². The predicted molar refractivity (Wildman–Crippen MR) is 80.1 cm³/mol. The van der Waals surface area contributed by atoms with Crippen LogP contribution in [0.15, 0.2) is 18.2 Å². The maximum absolute atomic E-state index is 12.7. The molecule has 2 rings (SSSR count). The Morgan fingerprint density at radius 1 is 1.43 bits per heavy atom. The van der Waals surface area contributed by atoms with Crippen molar-refractivity contribution in [1.29, 1.82) is 0 Å². The second-order valence-corrected chi connectivity index (χ2v) is 4.94. The van der Waals surface area contributed by atoms with E-state index in [1.165, 1.54) is 0 Å². The van der Waals surface area contributed by atoms with E-state index in [9.17, 15) is 9.59 Å². The third-order valence-electron chi connectivity index (χ3n) is 3.47. The van der Waals surface area contributed by atoms with Crippen LogP contribution in [0.5, 0.6) is 5.75 Å². The molecule has 1 aromatic carbocycles. The molecule has 1 fully saturated rings. The van der Waals surface area contributed by atoms with Gasteiger partial charge in [0.25, 0.3) is 5.91 Å². The summed E-state index contributed by atoms with van der Waals surface area (Å²) in [6.45, 7) is 5.23. The number of nitrogens with two attached hydrogens (primary N) is 1. The number of piperazine rings is 1. The summed E-state index contributed by atoms with van der Waals surface area (Å²) in [6, 6.07) is 4.54. The van der Waals surface area contributed by atoms with E-state index in [0.717, 1.165) is 0 Å². The molecule has 0 saturated carbocycles. The number of rotatable bonds is 4. The number of anilines is 1. The molecule has 1 aliphatic rings. The molecule has 1 heterocycles. The Kier molecular flexibility index (Phi) is 4.67. The second-order valence-electron chi connectivity index (χ2n) is 4.94. The van der Waals surface area contributed by atoms with Crippen molar-refractivity contribution >= 4 is 17.5 Å². The molecule has 1 atom stereocenters. The summed E-state index contributed by atoms with van der Waals surface area (Å²) >= 11 is 0.